The fraction of sp³-hybridized carbons (Fsp3) is 0.562. The van der Waals surface area contributed by atoms with Crippen LogP contribution in [0.5, 0.6) is 5.75 Å². The van der Waals surface area contributed by atoms with E-state index in [-0.39, 0.29) is 5.92 Å². The van der Waals surface area contributed by atoms with Gasteiger partial charge in [0.15, 0.2) is 0 Å². The molecule has 20 heavy (non-hydrogen) atoms. The number of hydrogen-bond donors (Lipinski definition) is 1. The third-order valence-electron chi connectivity index (χ3n) is 4.19. The topological polar surface area (TPSA) is 41.6 Å². The van der Waals surface area contributed by atoms with Crippen LogP contribution in [-0.4, -0.2) is 37.0 Å². The molecule has 1 unspecified atom stereocenters. The zero-order chi connectivity index (χ0) is 13.9. The maximum atomic E-state index is 12.6. The Balaban J connectivity index is 1.68. The van der Waals surface area contributed by atoms with E-state index >= 15 is 0 Å². The van der Waals surface area contributed by atoms with Crippen LogP contribution in [0.4, 0.5) is 0 Å². The minimum absolute atomic E-state index is 0.175. The molecule has 0 spiro atoms. The largest absolute Gasteiger partial charge is 0.497 e. The van der Waals surface area contributed by atoms with Crippen molar-refractivity contribution in [2.75, 3.05) is 20.2 Å². The van der Waals surface area contributed by atoms with E-state index in [1.807, 2.05) is 24.3 Å². The van der Waals surface area contributed by atoms with Crippen molar-refractivity contribution in [3.8, 4) is 5.75 Å². The van der Waals surface area contributed by atoms with Gasteiger partial charge in [0, 0.05) is 19.1 Å². The number of rotatable bonds is 5. The first-order valence-corrected chi connectivity index (χ1v) is 7.42. The molecule has 108 valence electrons. The summed E-state index contributed by atoms with van der Waals surface area (Å²) in [6.45, 7) is 2.53. The van der Waals surface area contributed by atoms with Gasteiger partial charge < -0.3 is 15.0 Å². The van der Waals surface area contributed by atoms with Gasteiger partial charge in [-0.2, -0.15) is 0 Å². The molecular weight excluding hydrogens is 252 g/mol. The van der Waals surface area contributed by atoms with Gasteiger partial charge in [0.2, 0.25) is 5.91 Å². The molecule has 1 aliphatic carbocycles. The van der Waals surface area contributed by atoms with Crippen LogP contribution in [0.25, 0.3) is 0 Å². The lowest BCUT2D eigenvalue weighted by Gasteiger charge is -2.25. The molecule has 3 rings (SSSR count). The van der Waals surface area contributed by atoms with E-state index in [9.17, 15) is 4.79 Å². The first-order chi connectivity index (χ1) is 9.78. The predicted molar refractivity (Wildman–Crippen MR) is 77.5 cm³/mol. The van der Waals surface area contributed by atoms with E-state index in [1.165, 1.54) is 5.56 Å². The van der Waals surface area contributed by atoms with Crippen LogP contribution in [0.1, 0.15) is 24.8 Å². The zero-order valence-electron chi connectivity index (χ0n) is 12.0. The van der Waals surface area contributed by atoms with Crippen LogP contribution in [0.3, 0.4) is 0 Å². The van der Waals surface area contributed by atoms with Gasteiger partial charge in [-0.05, 0) is 43.5 Å². The van der Waals surface area contributed by atoms with Crippen LogP contribution in [0.15, 0.2) is 24.3 Å². The number of ether oxygens (including phenoxy) is 1. The Bertz CT molecular complexity index is 462. The minimum Gasteiger partial charge on any atom is -0.497 e. The van der Waals surface area contributed by atoms with Crippen LogP contribution < -0.4 is 10.1 Å². The molecule has 2 fully saturated rings. The number of carbonyl (C=O) groups is 1. The SMILES string of the molecule is COc1ccc(CN(C(=O)C2CCNC2)C2CC2)cc1. The molecular formula is C16H22N2O2. The Morgan fingerprint density at radius 2 is 2.05 bits per heavy atom. The van der Waals surface area contributed by atoms with E-state index in [4.69, 9.17) is 4.74 Å². The average Bonchev–Trinajstić information content (AvgIpc) is 3.18. The minimum atomic E-state index is 0.175. The summed E-state index contributed by atoms with van der Waals surface area (Å²) in [7, 11) is 1.67. The fourth-order valence-corrected chi connectivity index (χ4v) is 2.80. The highest BCUT2D eigenvalue weighted by Gasteiger charge is 2.36. The summed E-state index contributed by atoms with van der Waals surface area (Å²) in [5, 5.41) is 3.28. The summed E-state index contributed by atoms with van der Waals surface area (Å²) in [4.78, 5) is 14.7. The van der Waals surface area contributed by atoms with Gasteiger partial charge in [0.1, 0.15) is 5.75 Å². The monoisotopic (exact) mass is 274 g/mol. The third kappa shape index (κ3) is 2.96. The van der Waals surface area contributed by atoms with Crippen LogP contribution >= 0.6 is 0 Å². The Labute approximate surface area is 120 Å². The number of carbonyl (C=O) groups excluding carboxylic acids is 1. The van der Waals surface area contributed by atoms with Gasteiger partial charge in [-0.1, -0.05) is 12.1 Å². The molecule has 1 N–H and O–H groups in total. The molecule has 1 aliphatic heterocycles. The standard InChI is InChI=1S/C16H22N2O2/c1-20-15-6-2-12(3-7-15)11-18(14-4-5-14)16(19)13-8-9-17-10-13/h2-3,6-7,13-14,17H,4-5,8-11H2,1H3. The van der Waals surface area contributed by atoms with Crippen molar-refractivity contribution < 1.29 is 9.53 Å². The Hall–Kier alpha value is -1.55. The summed E-state index contributed by atoms with van der Waals surface area (Å²) in [6, 6.07) is 8.48. The highest BCUT2D eigenvalue weighted by atomic mass is 16.5. The van der Waals surface area contributed by atoms with Crippen molar-refractivity contribution in [1.29, 1.82) is 0 Å². The molecule has 1 atom stereocenters. The molecule has 1 saturated heterocycles. The lowest BCUT2D eigenvalue weighted by Crippen LogP contribution is -2.38. The van der Waals surface area contributed by atoms with Gasteiger partial charge in [0.25, 0.3) is 0 Å². The van der Waals surface area contributed by atoms with Crippen molar-refractivity contribution in [2.45, 2.75) is 31.8 Å². The van der Waals surface area contributed by atoms with Crippen molar-refractivity contribution >= 4 is 5.91 Å². The Morgan fingerprint density at radius 1 is 1.30 bits per heavy atom. The number of benzene rings is 1. The maximum absolute atomic E-state index is 12.6. The quantitative estimate of drug-likeness (QED) is 0.890. The number of nitrogens with zero attached hydrogens (tertiary/aromatic N) is 1. The molecule has 4 nitrogen and oxygen atoms in total. The second-order valence-corrected chi connectivity index (χ2v) is 5.74. The summed E-state index contributed by atoms with van der Waals surface area (Å²) in [5.41, 5.74) is 1.18. The number of amides is 1. The summed E-state index contributed by atoms with van der Waals surface area (Å²) < 4.78 is 5.17. The number of methoxy groups -OCH3 is 1. The van der Waals surface area contributed by atoms with E-state index in [2.05, 4.69) is 10.2 Å². The van der Waals surface area contributed by atoms with Gasteiger partial charge in [0.05, 0.1) is 13.0 Å². The van der Waals surface area contributed by atoms with E-state index in [0.29, 0.717) is 11.9 Å². The maximum Gasteiger partial charge on any atom is 0.227 e. The Kier molecular flexibility index (Phi) is 3.92. The fourth-order valence-electron chi connectivity index (χ4n) is 2.80. The molecule has 1 amide bonds. The molecule has 0 radical (unpaired) electrons. The first-order valence-electron chi connectivity index (χ1n) is 7.42. The van der Waals surface area contributed by atoms with Crippen molar-refractivity contribution in [1.82, 2.24) is 10.2 Å². The smallest absolute Gasteiger partial charge is 0.227 e. The summed E-state index contributed by atoms with van der Waals surface area (Å²) >= 11 is 0. The van der Waals surface area contributed by atoms with E-state index < -0.39 is 0 Å². The highest BCUT2D eigenvalue weighted by molar-refractivity contribution is 5.80. The van der Waals surface area contributed by atoms with Crippen LogP contribution in [0.2, 0.25) is 0 Å². The molecule has 1 saturated carbocycles. The van der Waals surface area contributed by atoms with E-state index in [0.717, 1.165) is 44.6 Å². The number of hydrogen-bond acceptors (Lipinski definition) is 3. The molecule has 2 aliphatic rings. The molecule has 0 aromatic heterocycles. The van der Waals surface area contributed by atoms with Gasteiger partial charge >= 0.3 is 0 Å². The molecule has 1 aromatic carbocycles. The number of nitrogens with one attached hydrogen (secondary N) is 1. The second kappa shape index (κ2) is 5.83. The van der Waals surface area contributed by atoms with Crippen molar-refractivity contribution in [3.63, 3.8) is 0 Å². The highest BCUT2D eigenvalue weighted by Crippen LogP contribution is 2.30. The molecule has 1 heterocycles. The van der Waals surface area contributed by atoms with E-state index in [1.54, 1.807) is 7.11 Å². The zero-order valence-corrected chi connectivity index (χ0v) is 12.0. The van der Waals surface area contributed by atoms with Gasteiger partial charge in [-0.15, -0.1) is 0 Å². The van der Waals surface area contributed by atoms with Crippen molar-refractivity contribution in [2.24, 2.45) is 5.92 Å². The molecule has 0 bridgehead atoms. The van der Waals surface area contributed by atoms with Crippen LogP contribution in [0, 0.1) is 5.92 Å². The lowest BCUT2D eigenvalue weighted by atomic mass is 10.1. The summed E-state index contributed by atoms with van der Waals surface area (Å²) in [5.74, 6) is 1.36. The predicted octanol–water partition coefficient (Wildman–Crippen LogP) is 1.80. The Morgan fingerprint density at radius 3 is 2.60 bits per heavy atom. The lowest BCUT2D eigenvalue weighted by molar-refractivity contribution is -0.136. The van der Waals surface area contributed by atoms with Gasteiger partial charge in [-0.3, -0.25) is 4.79 Å². The third-order valence-corrected chi connectivity index (χ3v) is 4.19. The molecule has 1 aromatic rings. The second-order valence-electron chi connectivity index (χ2n) is 5.74. The average molecular weight is 274 g/mol. The van der Waals surface area contributed by atoms with Gasteiger partial charge in [-0.25, -0.2) is 0 Å². The molecule has 4 heteroatoms. The van der Waals surface area contributed by atoms with Crippen LogP contribution in [-0.2, 0) is 11.3 Å². The summed E-state index contributed by atoms with van der Waals surface area (Å²) in [6.07, 6.45) is 3.29. The normalized spacial score (nSPS) is 21.8. The first kappa shape index (κ1) is 13.4. The van der Waals surface area contributed by atoms with Crippen molar-refractivity contribution in [3.05, 3.63) is 29.8 Å².